The third kappa shape index (κ3) is 3.57. The van der Waals surface area contributed by atoms with Gasteiger partial charge in [0.25, 0.3) is 5.91 Å². The summed E-state index contributed by atoms with van der Waals surface area (Å²) in [6.45, 7) is 4.76. The third-order valence-electron chi connectivity index (χ3n) is 3.70. The minimum Gasteiger partial charge on any atom is -0.338 e. The van der Waals surface area contributed by atoms with Crippen molar-refractivity contribution in [3.05, 3.63) is 33.8 Å². The van der Waals surface area contributed by atoms with Gasteiger partial charge in [-0.3, -0.25) is 4.79 Å². The second-order valence-corrected chi connectivity index (χ2v) is 6.14. The lowest BCUT2D eigenvalue weighted by molar-refractivity contribution is 0.0674. The number of likely N-dealkylation sites (tertiary alicyclic amines) is 1. The molecule has 1 aliphatic heterocycles. The van der Waals surface area contributed by atoms with Crippen molar-refractivity contribution in [2.75, 3.05) is 26.7 Å². The lowest BCUT2D eigenvalue weighted by Gasteiger charge is -2.32. The molecule has 1 atom stereocenters. The van der Waals surface area contributed by atoms with Crippen LogP contribution in [0.15, 0.2) is 22.7 Å². The van der Waals surface area contributed by atoms with Crippen LogP contribution in [0, 0.1) is 12.8 Å². The normalized spacial score (nSPS) is 19.5. The zero-order valence-corrected chi connectivity index (χ0v) is 13.2. The Kier molecular flexibility index (Phi) is 4.99. The molecule has 0 bridgehead atoms. The number of carbonyl (C=O) groups is 1. The van der Waals surface area contributed by atoms with Crippen molar-refractivity contribution in [3.8, 4) is 0 Å². The van der Waals surface area contributed by atoms with Crippen LogP contribution in [-0.2, 0) is 0 Å². The fraction of sp³-hybridized carbons (Fsp3) is 0.533. The van der Waals surface area contributed by atoms with Crippen molar-refractivity contribution in [1.82, 2.24) is 10.2 Å². The van der Waals surface area contributed by atoms with Crippen molar-refractivity contribution in [3.63, 3.8) is 0 Å². The van der Waals surface area contributed by atoms with Crippen molar-refractivity contribution in [2.24, 2.45) is 5.92 Å². The number of carbonyl (C=O) groups excluding carboxylic acids is 1. The van der Waals surface area contributed by atoms with Crippen molar-refractivity contribution >= 4 is 21.8 Å². The first-order valence-electron chi connectivity index (χ1n) is 6.82. The van der Waals surface area contributed by atoms with Crippen LogP contribution in [0.2, 0.25) is 0 Å². The maximum Gasteiger partial charge on any atom is 0.253 e. The van der Waals surface area contributed by atoms with Gasteiger partial charge in [-0.2, -0.15) is 0 Å². The van der Waals surface area contributed by atoms with Crippen molar-refractivity contribution in [1.29, 1.82) is 0 Å². The standard InChI is InChI=1S/C15H21BrN2O/c1-11-8-13(5-6-14(11)16)15(19)18-7-3-4-12(10-18)9-17-2/h5-6,8,12,17H,3-4,7,9-10H2,1-2H3. The zero-order chi connectivity index (χ0) is 13.8. The number of nitrogens with one attached hydrogen (secondary N) is 1. The molecule has 1 aromatic carbocycles. The van der Waals surface area contributed by atoms with Crippen LogP contribution in [0.3, 0.4) is 0 Å². The Morgan fingerprint density at radius 3 is 3.00 bits per heavy atom. The number of nitrogens with zero attached hydrogens (tertiary/aromatic N) is 1. The monoisotopic (exact) mass is 324 g/mol. The molecule has 1 unspecified atom stereocenters. The Labute approximate surface area is 123 Å². The van der Waals surface area contributed by atoms with Crippen LogP contribution >= 0.6 is 15.9 Å². The summed E-state index contributed by atoms with van der Waals surface area (Å²) in [6, 6.07) is 5.83. The molecule has 1 heterocycles. The van der Waals surface area contributed by atoms with Crippen molar-refractivity contribution < 1.29 is 4.79 Å². The average Bonchev–Trinajstić information content (AvgIpc) is 2.42. The quantitative estimate of drug-likeness (QED) is 0.927. The van der Waals surface area contributed by atoms with Crippen LogP contribution in [0.5, 0.6) is 0 Å². The maximum atomic E-state index is 12.5. The minimum atomic E-state index is 0.163. The molecule has 2 rings (SSSR count). The summed E-state index contributed by atoms with van der Waals surface area (Å²) >= 11 is 3.47. The molecule has 0 spiro atoms. The van der Waals surface area contributed by atoms with Crippen LogP contribution < -0.4 is 5.32 Å². The van der Waals surface area contributed by atoms with Gasteiger partial charge in [0.05, 0.1) is 0 Å². The van der Waals surface area contributed by atoms with Gasteiger partial charge in [-0.25, -0.2) is 0 Å². The van der Waals surface area contributed by atoms with Crippen LogP contribution in [-0.4, -0.2) is 37.5 Å². The van der Waals surface area contributed by atoms with E-state index in [1.54, 1.807) is 0 Å². The number of piperidine rings is 1. The van der Waals surface area contributed by atoms with E-state index >= 15 is 0 Å². The highest BCUT2D eigenvalue weighted by atomic mass is 79.9. The molecule has 0 radical (unpaired) electrons. The molecular formula is C15H21BrN2O. The molecule has 19 heavy (non-hydrogen) atoms. The first-order valence-corrected chi connectivity index (χ1v) is 7.61. The molecule has 104 valence electrons. The predicted molar refractivity (Wildman–Crippen MR) is 81.4 cm³/mol. The number of hydrogen-bond donors (Lipinski definition) is 1. The van der Waals surface area contributed by atoms with Crippen LogP contribution in [0.4, 0.5) is 0 Å². The summed E-state index contributed by atoms with van der Waals surface area (Å²) in [6.07, 6.45) is 2.32. The first-order chi connectivity index (χ1) is 9.11. The van der Waals surface area contributed by atoms with E-state index in [1.165, 1.54) is 6.42 Å². The van der Waals surface area contributed by atoms with Gasteiger partial charge in [0.15, 0.2) is 0 Å². The molecule has 1 aliphatic rings. The van der Waals surface area contributed by atoms with Gasteiger partial charge >= 0.3 is 0 Å². The van der Waals surface area contributed by atoms with Gasteiger partial charge in [0.2, 0.25) is 0 Å². The van der Waals surface area contributed by atoms with E-state index < -0.39 is 0 Å². The lowest BCUT2D eigenvalue weighted by Crippen LogP contribution is -2.42. The number of hydrogen-bond acceptors (Lipinski definition) is 2. The molecule has 0 aliphatic carbocycles. The smallest absolute Gasteiger partial charge is 0.253 e. The number of amides is 1. The molecule has 1 amide bonds. The summed E-state index contributed by atoms with van der Waals surface area (Å²) in [5.41, 5.74) is 1.90. The van der Waals surface area contributed by atoms with Crippen LogP contribution in [0.25, 0.3) is 0 Å². The van der Waals surface area contributed by atoms with Gasteiger partial charge in [0, 0.05) is 23.1 Å². The summed E-state index contributed by atoms with van der Waals surface area (Å²) in [4.78, 5) is 14.5. The van der Waals surface area contributed by atoms with E-state index in [9.17, 15) is 4.79 Å². The first kappa shape index (κ1) is 14.5. The van der Waals surface area contributed by atoms with Gasteiger partial charge in [0.1, 0.15) is 0 Å². The molecule has 1 fully saturated rings. The van der Waals surface area contributed by atoms with E-state index in [1.807, 2.05) is 37.1 Å². The van der Waals surface area contributed by atoms with Crippen LogP contribution in [0.1, 0.15) is 28.8 Å². The van der Waals surface area contributed by atoms with E-state index in [4.69, 9.17) is 0 Å². The van der Waals surface area contributed by atoms with Gasteiger partial charge in [-0.05, 0) is 63.0 Å². The number of rotatable bonds is 3. The highest BCUT2D eigenvalue weighted by Gasteiger charge is 2.24. The van der Waals surface area contributed by atoms with E-state index in [0.717, 1.165) is 41.7 Å². The number of halogens is 1. The Hall–Kier alpha value is -0.870. The molecule has 1 N–H and O–H groups in total. The summed E-state index contributed by atoms with van der Waals surface area (Å²) in [7, 11) is 1.97. The van der Waals surface area contributed by atoms with Gasteiger partial charge in [-0.1, -0.05) is 15.9 Å². The SMILES string of the molecule is CNCC1CCCN(C(=O)c2ccc(Br)c(C)c2)C1. The molecule has 0 aromatic heterocycles. The number of benzene rings is 1. The van der Waals surface area contributed by atoms with Gasteiger partial charge in [-0.15, -0.1) is 0 Å². The molecule has 1 saturated heterocycles. The van der Waals surface area contributed by atoms with E-state index in [2.05, 4.69) is 21.2 Å². The summed E-state index contributed by atoms with van der Waals surface area (Å²) in [5.74, 6) is 0.746. The zero-order valence-electron chi connectivity index (χ0n) is 11.6. The minimum absolute atomic E-state index is 0.163. The lowest BCUT2D eigenvalue weighted by atomic mass is 9.97. The Bertz CT molecular complexity index is 459. The molecule has 1 aromatic rings. The van der Waals surface area contributed by atoms with E-state index in [0.29, 0.717) is 5.92 Å². The Morgan fingerprint density at radius 1 is 1.53 bits per heavy atom. The Balaban J connectivity index is 2.08. The largest absolute Gasteiger partial charge is 0.338 e. The second kappa shape index (κ2) is 6.53. The third-order valence-corrected chi connectivity index (χ3v) is 4.59. The summed E-state index contributed by atoms with van der Waals surface area (Å²) < 4.78 is 1.05. The fourth-order valence-electron chi connectivity index (χ4n) is 2.67. The Morgan fingerprint density at radius 2 is 2.32 bits per heavy atom. The predicted octanol–water partition coefficient (Wildman–Crippen LogP) is 2.83. The second-order valence-electron chi connectivity index (χ2n) is 5.28. The highest BCUT2D eigenvalue weighted by Crippen LogP contribution is 2.21. The molecule has 3 nitrogen and oxygen atoms in total. The topological polar surface area (TPSA) is 32.3 Å². The summed E-state index contributed by atoms with van der Waals surface area (Å²) in [5, 5.41) is 3.21. The maximum absolute atomic E-state index is 12.5. The molecular weight excluding hydrogens is 304 g/mol. The fourth-order valence-corrected chi connectivity index (χ4v) is 2.91. The number of aryl methyl sites for hydroxylation is 1. The molecule has 4 heteroatoms. The van der Waals surface area contributed by atoms with Gasteiger partial charge < -0.3 is 10.2 Å². The van der Waals surface area contributed by atoms with Crippen molar-refractivity contribution in [2.45, 2.75) is 19.8 Å². The average molecular weight is 325 g/mol. The molecule has 0 saturated carbocycles. The van der Waals surface area contributed by atoms with E-state index in [-0.39, 0.29) is 5.91 Å². The highest BCUT2D eigenvalue weighted by molar-refractivity contribution is 9.10.